The van der Waals surface area contributed by atoms with E-state index in [4.69, 9.17) is 26.8 Å². The lowest BCUT2D eigenvalue weighted by Gasteiger charge is -2.35. The first-order valence-corrected chi connectivity index (χ1v) is 13.0. The number of piperidine rings is 1. The normalized spacial score (nSPS) is 15.2. The van der Waals surface area contributed by atoms with E-state index < -0.39 is 17.7 Å². The van der Waals surface area contributed by atoms with Gasteiger partial charge in [0.25, 0.3) is 0 Å². The zero-order valence-corrected chi connectivity index (χ0v) is 23.3. The first kappa shape index (κ1) is 29.8. The summed E-state index contributed by atoms with van der Waals surface area (Å²) >= 11 is 6.42. The highest BCUT2D eigenvalue weighted by atomic mass is 35.5. The molecule has 1 aromatic carbocycles. The average Bonchev–Trinajstić information content (AvgIpc) is 3.11. The van der Waals surface area contributed by atoms with Crippen LogP contribution in [0.2, 0.25) is 5.02 Å². The van der Waals surface area contributed by atoms with Gasteiger partial charge in [0.15, 0.2) is 5.69 Å². The van der Waals surface area contributed by atoms with Crippen LogP contribution in [0.4, 0.5) is 16.3 Å². The highest BCUT2D eigenvalue weighted by Crippen LogP contribution is 2.36. The van der Waals surface area contributed by atoms with Crippen LogP contribution < -0.4 is 16.0 Å². The average molecular weight is 532 g/mol. The molecule has 0 saturated carbocycles. The zero-order chi connectivity index (χ0) is 27.8. The van der Waals surface area contributed by atoms with E-state index in [1.54, 1.807) is 38.3 Å². The molecule has 1 aromatic heterocycles. The van der Waals surface area contributed by atoms with Crippen molar-refractivity contribution in [2.45, 2.75) is 72.6 Å². The van der Waals surface area contributed by atoms with Crippen LogP contribution in [0.5, 0.6) is 0 Å². The number of carbonyl (C=O) groups excluding carboxylic acids is 2. The van der Waals surface area contributed by atoms with Gasteiger partial charge in [0.1, 0.15) is 23.1 Å². The van der Waals surface area contributed by atoms with Crippen LogP contribution in [0.15, 0.2) is 24.3 Å². The van der Waals surface area contributed by atoms with Crippen LogP contribution >= 0.6 is 11.6 Å². The molecular weight excluding hydrogens is 494 g/mol. The number of nitrogens with zero attached hydrogens (tertiary/aromatic N) is 3. The van der Waals surface area contributed by atoms with Gasteiger partial charge < -0.3 is 30.0 Å². The fraction of sp³-hybridized carbons (Fsp3) is 0.519. The van der Waals surface area contributed by atoms with E-state index >= 15 is 0 Å². The van der Waals surface area contributed by atoms with Gasteiger partial charge in [-0.15, -0.1) is 0 Å². The van der Waals surface area contributed by atoms with Gasteiger partial charge in [0.2, 0.25) is 0 Å². The molecule has 0 unspecified atom stereocenters. The summed E-state index contributed by atoms with van der Waals surface area (Å²) in [6.07, 6.45) is 1.02. The number of nitrogen functional groups attached to an aromatic ring is 1. The van der Waals surface area contributed by atoms with Crippen LogP contribution in [-0.2, 0) is 16.0 Å². The number of nitriles is 1. The van der Waals surface area contributed by atoms with Crippen molar-refractivity contribution < 1.29 is 19.1 Å². The number of rotatable bonds is 6. The van der Waals surface area contributed by atoms with E-state index in [0.717, 1.165) is 18.4 Å². The topological polar surface area (TPSA) is 123 Å². The zero-order valence-electron chi connectivity index (χ0n) is 22.6. The van der Waals surface area contributed by atoms with Crippen molar-refractivity contribution in [3.63, 3.8) is 0 Å². The molecule has 10 heteroatoms. The molecule has 0 bridgehead atoms. The van der Waals surface area contributed by atoms with E-state index in [9.17, 15) is 14.9 Å². The Bertz CT molecular complexity index is 1130. The SMILES string of the molecule is CC.CCOC(=O)c1c(N)c(C#N)c(N2CCC[C@@H](NC(=O)OC(C)(C)C)C2)n1Cc1ccccc1Cl. The van der Waals surface area contributed by atoms with Gasteiger partial charge in [-0.3, -0.25) is 0 Å². The number of halogens is 1. The number of hydrogen-bond donors (Lipinski definition) is 2. The van der Waals surface area contributed by atoms with Gasteiger partial charge in [-0.2, -0.15) is 5.26 Å². The van der Waals surface area contributed by atoms with Gasteiger partial charge in [-0.1, -0.05) is 43.6 Å². The minimum absolute atomic E-state index is 0.0650. The third-order valence-corrected chi connectivity index (χ3v) is 5.95. The lowest BCUT2D eigenvalue weighted by Crippen LogP contribution is -2.49. The molecule has 1 aliphatic heterocycles. The number of esters is 1. The molecule has 1 atom stereocenters. The van der Waals surface area contributed by atoms with E-state index in [0.29, 0.717) is 23.9 Å². The Kier molecular flexibility index (Phi) is 10.7. The van der Waals surface area contributed by atoms with Crippen LogP contribution in [0.25, 0.3) is 0 Å². The molecule has 1 amide bonds. The van der Waals surface area contributed by atoms with E-state index in [1.165, 1.54) is 0 Å². The van der Waals surface area contributed by atoms with Crippen LogP contribution in [-0.4, -0.2) is 48.0 Å². The van der Waals surface area contributed by atoms with Crippen molar-refractivity contribution in [2.75, 3.05) is 30.3 Å². The van der Waals surface area contributed by atoms with Crippen molar-refractivity contribution in [2.24, 2.45) is 0 Å². The molecule has 37 heavy (non-hydrogen) atoms. The Labute approximate surface area is 224 Å². The molecule has 0 aliphatic carbocycles. The molecule has 0 spiro atoms. The number of anilines is 2. The monoisotopic (exact) mass is 531 g/mol. The van der Waals surface area contributed by atoms with Crippen LogP contribution in [0.3, 0.4) is 0 Å². The maximum absolute atomic E-state index is 12.9. The Hall–Kier alpha value is -3.38. The van der Waals surface area contributed by atoms with Crippen molar-refractivity contribution in [1.82, 2.24) is 9.88 Å². The highest BCUT2D eigenvalue weighted by molar-refractivity contribution is 6.31. The second-order valence-corrected chi connectivity index (χ2v) is 9.81. The Morgan fingerprint density at radius 1 is 1.27 bits per heavy atom. The maximum atomic E-state index is 12.9. The minimum Gasteiger partial charge on any atom is -0.461 e. The van der Waals surface area contributed by atoms with Gasteiger partial charge in [0.05, 0.1) is 18.8 Å². The predicted molar refractivity (Wildman–Crippen MR) is 146 cm³/mol. The number of aromatic nitrogens is 1. The lowest BCUT2D eigenvalue weighted by molar-refractivity contribution is 0.0496. The van der Waals surface area contributed by atoms with Gasteiger partial charge in [-0.05, 0) is 52.2 Å². The number of ether oxygens (including phenoxy) is 2. The minimum atomic E-state index is -0.612. The van der Waals surface area contributed by atoms with Gasteiger partial charge in [-0.25, -0.2) is 9.59 Å². The number of benzene rings is 1. The number of alkyl carbamates (subject to hydrolysis) is 1. The molecule has 9 nitrogen and oxygen atoms in total. The molecule has 202 valence electrons. The van der Waals surface area contributed by atoms with E-state index in [2.05, 4.69) is 11.4 Å². The number of nitrogens with one attached hydrogen (secondary N) is 1. The van der Waals surface area contributed by atoms with Gasteiger partial charge >= 0.3 is 12.1 Å². The summed E-state index contributed by atoms with van der Waals surface area (Å²) < 4.78 is 12.4. The third-order valence-electron chi connectivity index (χ3n) is 5.58. The fourth-order valence-corrected chi connectivity index (χ4v) is 4.39. The lowest BCUT2D eigenvalue weighted by atomic mass is 10.1. The number of nitrogens with two attached hydrogens (primary N) is 1. The van der Waals surface area contributed by atoms with Crippen molar-refractivity contribution in [3.05, 3.63) is 46.1 Å². The summed E-state index contributed by atoms with van der Waals surface area (Å²) in [6.45, 7) is 12.5. The summed E-state index contributed by atoms with van der Waals surface area (Å²) in [5.74, 6) is -0.107. The summed E-state index contributed by atoms with van der Waals surface area (Å²) in [5, 5.41) is 13.4. The van der Waals surface area contributed by atoms with E-state index in [-0.39, 0.29) is 36.1 Å². The second kappa shape index (κ2) is 13.2. The number of carbonyl (C=O) groups is 2. The molecule has 1 saturated heterocycles. The summed E-state index contributed by atoms with van der Waals surface area (Å²) in [7, 11) is 0. The largest absolute Gasteiger partial charge is 0.461 e. The number of hydrogen-bond acceptors (Lipinski definition) is 7. The van der Waals surface area contributed by atoms with Crippen molar-refractivity contribution >= 4 is 35.2 Å². The second-order valence-electron chi connectivity index (χ2n) is 9.40. The molecule has 2 heterocycles. The fourth-order valence-electron chi connectivity index (χ4n) is 4.20. The summed E-state index contributed by atoms with van der Waals surface area (Å²) in [5.41, 5.74) is 6.86. The smallest absolute Gasteiger partial charge is 0.407 e. The summed E-state index contributed by atoms with van der Waals surface area (Å²) in [4.78, 5) is 27.2. The first-order valence-electron chi connectivity index (χ1n) is 12.6. The van der Waals surface area contributed by atoms with Crippen LogP contribution in [0, 0.1) is 11.3 Å². The van der Waals surface area contributed by atoms with Gasteiger partial charge in [0, 0.05) is 24.2 Å². The quantitative estimate of drug-likeness (QED) is 0.482. The van der Waals surface area contributed by atoms with E-state index in [1.807, 2.05) is 36.9 Å². The molecule has 1 aliphatic rings. The Morgan fingerprint density at radius 2 is 1.95 bits per heavy atom. The Balaban J connectivity index is 0.00000235. The molecular formula is C27H38ClN5O4. The standard InChI is InChI=1S/C25H32ClN5O4.C2H6/c1-5-34-23(32)21-20(28)18(13-27)22(31(21)14-16-9-6-7-11-19(16)26)30-12-8-10-17(15-30)29-24(33)35-25(2,3)4;1-2/h6-7,9,11,17H,5,8,10,12,14-15,28H2,1-4H3,(H,29,33);1-2H3/t17-;/m1./s1. The maximum Gasteiger partial charge on any atom is 0.407 e. The summed E-state index contributed by atoms with van der Waals surface area (Å²) in [6, 6.07) is 9.25. The third kappa shape index (κ3) is 7.56. The molecule has 1 fully saturated rings. The van der Waals surface area contributed by atoms with Crippen molar-refractivity contribution in [1.29, 1.82) is 5.26 Å². The molecule has 3 N–H and O–H groups in total. The highest BCUT2D eigenvalue weighted by Gasteiger charge is 2.33. The number of amides is 1. The first-order chi connectivity index (χ1) is 17.6. The Morgan fingerprint density at radius 3 is 2.54 bits per heavy atom. The molecule has 0 radical (unpaired) electrons. The van der Waals surface area contributed by atoms with Crippen molar-refractivity contribution in [3.8, 4) is 6.07 Å². The molecule has 2 aromatic rings. The van der Waals surface area contributed by atoms with Crippen LogP contribution in [0.1, 0.15) is 76.0 Å². The predicted octanol–water partition coefficient (Wildman–Crippen LogP) is 5.34. The molecule has 3 rings (SSSR count).